The molecule has 0 radical (unpaired) electrons. The van der Waals surface area contributed by atoms with Gasteiger partial charge in [0.05, 0.1) is 0 Å². The largest absolute Gasteiger partial charge is 0.508 e. The van der Waals surface area contributed by atoms with Crippen molar-refractivity contribution in [1.29, 1.82) is 0 Å². The summed E-state index contributed by atoms with van der Waals surface area (Å²) in [5.74, 6) is 0.540. The summed E-state index contributed by atoms with van der Waals surface area (Å²) in [5.41, 5.74) is 1.61. The van der Waals surface area contributed by atoms with Gasteiger partial charge in [0.2, 0.25) is 0 Å². The van der Waals surface area contributed by atoms with E-state index in [1.54, 1.807) is 6.07 Å². The zero-order valence-electron chi connectivity index (χ0n) is 8.87. The number of carbonyl (C=O) groups excluding carboxylic acids is 1. The summed E-state index contributed by atoms with van der Waals surface area (Å²) in [4.78, 5) is 11.1. The highest BCUT2D eigenvalue weighted by Crippen LogP contribution is 2.24. The number of aromatic hydroxyl groups is 1. The monoisotopic (exact) mass is 192 g/mol. The van der Waals surface area contributed by atoms with Crippen molar-refractivity contribution in [3.05, 3.63) is 29.3 Å². The molecule has 0 amide bonds. The number of rotatable bonds is 3. The van der Waals surface area contributed by atoms with Gasteiger partial charge in [0.25, 0.3) is 0 Å². The summed E-state index contributed by atoms with van der Waals surface area (Å²) in [6.07, 6.45) is 1.00. The van der Waals surface area contributed by atoms with E-state index in [4.69, 9.17) is 0 Å². The molecule has 0 bridgehead atoms. The first kappa shape index (κ1) is 10.8. The third-order valence-corrected chi connectivity index (χ3v) is 2.53. The molecule has 0 aliphatic carbocycles. The van der Waals surface area contributed by atoms with Crippen LogP contribution >= 0.6 is 0 Å². The van der Waals surface area contributed by atoms with Gasteiger partial charge >= 0.3 is 0 Å². The normalized spacial score (nSPS) is 12.5. The predicted molar refractivity (Wildman–Crippen MR) is 56.8 cm³/mol. The molecule has 0 saturated carbocycles. The molecule has 1 rings (SSSR count). The highest BCUT2D eigenvalue weighted by Gasteiger charge is 2.08. The molecule has 0 fully saturated rings. The quantitative estimate of drug-likeness (QED) is 0.747. The molecule has 1 aromatic rings. The Morgan fingerprint density at radius 3 is 2.57 bits per heavy atom. The van der Waals surface area contributed by atoms with Crippen molar-refractivity contribution in [3.63, 3.8) is 0 Å². The molecule has 0 saturated heterocycles. The molecule has 76 valence electrons. The van der Waals surface area contributed by atoms with Gasteiger partial charge in [0.15, 0.2) is 5.78 Å². The summed E-state index contributed by atoms with van der Waals surface area (Å²) in [5, 5.41) is 9.43. The van der Waals surface area contributed by atoms with E-state index >= 15 is 0 Å². The lowest BCUT2D eigenvalue weighted by molar-refractivity contribution is 0.101. The molecule has 0 heterocycles. The van der Waals surface area contributed by atoms with Crippen LogP contribution in [0.1, 0.15) is 49.0 Å². The Bertz CT molecular complexity index is 342. The fraction of sp³-hybridized carbons (Fsp3) is 0.417. The van der Waals surface area contributed by atoms with Crippen LogP contribution in [0.5, 0.6) is 5.75 Å². The lowest BCUT2D eigenvalue weighted by atomic mass is 9.95. The SMILES string of the molecule is CCC(C)c1cc(O)cc(C(C)=O)c1. The van der Waals surface area contributed by atoms with E-state index in [1.165, 1.54) is 13.0 Å². The molecule has 0 spiro atoms. The zero-order chi connectivity index (χ0) is 10.7. The van der Waals surface area contributed by atoms with E-state index in [9.17, 15) is 9.90 Å². The van der Waals surface area contributed by atoms with Crippen molar-refractivity contribution in [3.8, 4) is 5.75 Å². The van der Waals surface area contributed by atoms with Crippen LogP contribution in [-0.4, -0.2) is 10.9 Å². The van der Waals surface area contributed by atoms with Gasteiger partial charge in [-0.2, -0.15) is 0 Å². The molecule has 2 heteroatoms. The molecule has 1 atom stereocenters. The van der Waals surface area contributed by atoms with Gasteiger partial charge in [-0.25, -0.2) is 0 Å². The maximum atomic E-state index is 11.1. The summed E-state index contributed by atoms with van der Waals surface area (Å²) in [6.45, 7) is 5.68. The molecule has 1 aromatic carbocycles. The minimum Gasteiger partial charge on any atom is -0.508 e. The van der Waals surface area contributed by atoms with Crippen molar-refractivity contribution < 1.29 is 9.90 Å². The van der Waals surface area contributed by atoms with Crippen molar-refractivity contribution in [2.45, 2.75) is 33.1 Å². The van der Waals surface area contributed by atoms with E-state index in [0.717, 1.165) is 12.0 Å². The Kier molecular flexibility index (Phi) is 3.28. The van der Waals surface area contributed by atoms with Crippen LogP contribution in [0.2, 0.25) is 0 Å². The maximum Gasteiger partial charge on any atom is 0.159 e. The number of phenols is 1. The van der Waals surface area contributed by atoms with Crippen LogP contribution in [-0.2, 0) is 0 Å². The van der Waals surface area contributed by atoms with E-state index in [0.29, 0.717) is 11.5 Å². The first-order valence-electron chi connectivity index (χ1n) is 4.89. The second-order valence-electron chi connectivity index (χ2n) is 3.68. The Labute approximate surface area is 84.6 Å². The Morgan fingerprint density at radius 2 is 2.07 bits per heavy atom. The second-order valence-corrected chi connectivity index (χ2v) is 3.68. The Hall–Kier alpha value is -1.31. The van der Waals surface area contributed by atoms with Crippen LogP contribution in [0.4, 0.5) is 0 Å². The molecule has 0 aliphatic rings. The summed E-state index contributed by atoms with van der Waals surface area (Å²) < 4.78 is 0. The third-order valence-electron chi connectivity index (χ3n) is 2.53. The molecule has 14 heavy (non-hydrogen) atoms. The summed E-state index contributed by atoms with van der Waals surface area (Å²) in [6, 6.07) is 5.09. The number of phenolic OH excluding ortho intramolecular Hbond substituents is 1. The average molecular weight is 192 g/mol. The molecule has 2 nitrogen and oxygen atoms in total. The van der Waals surface area contributed by atoms with Crippen molar-refractivity contribution in [2.24, 2.45) is 0 Å². The van der Waals surface area contributed by atoms with Gasteiger partial charge in [0.1, 0.15) is 5.75 Å². The molecule has 1 N–H and O–H groups in total. The Morgan fingerprint density at radius 1 is 1.43 bits per heavy atom. The van der Waals surface area contributed by atoms with Gasteiger partial charge in [-0.05, 0) is 43.0 Å². The van der Waals surface area contributed by atoms with E-state index < -0.39 is 0 Å². The van der Waals surface area contributed by atoms with Crippen LogP contribution < -0.4 is 0 Å². The van der Waals surface area contributed by atoms with Crippen molar-refractivity contribution in [2.75, 3.05) is 0 Å². The smallest absolute Gasteiger partial charge is 0.159 e. The number of ketones is 1. The van der Waals surface area contributed by atoms with Crippen molar-refractivity contribution >= 4 is 5.78 Å². The fourth-order valence-corrected chi connectivity index (χ4v) is 1.36. The van der Waals surface area contributed by atoms with Gasteiger partial charge in [-0.15, -0.1) is 0 Å². The standard InChI is InChI=1S/C12H16O2/c1-4-8(2)10-5-11(9(3)13)7-12(14)6-10/h5-8,14H,4H2,1-3H3. The van der Waals surface area contributed by atoms with Gasteiger partial charge in [0, 0.05) is 5.56 Å². The van der Waals surface area contributed by atoms with Gasteiger partial charge in [-0.1, -0.05) is 13.8 Å². The topological polar surface area (TPSA) is 37.3 Å². The first-order valence-corrected chi connectivity index (χ1v) is 4.89. The van der Waals surface area contributed by atoms with Crippen molar-refractivity contribution in [1.82, 2.24) is 0 Å². The van der Waals surface area contributed by atoms with Gasteiger partial charge in [-0.3, -0.25) is 4.79 Å². The molecular formula is C12H16O2. The average Bonchev–Trinajstić information content (AvgIpc) is 2.15. The minimum absolute atomic E-state index is 0.00884. The molecule has 0 aliphatic heterocycles. The second kappa shape index (κ2) is 4.27. The summed E-state index contributed by atoms with van der Waals surface area (Å²) in [7, 11) is 0. The first-order chi connectivity index (χ1) is 6.54. The number of hydrogen-bond donors (Lipinski definition) is 1. The van der Waals surface area contributed by atoms with E-state index in [-0.39, 0.29) is 11.5 Å². The number of hydrogen-bond acceptors (Lipinski definition) is 2. The fourth-order valence-electron chi connectivity index (χ4n) is 1.36. The maximum absolute atomic E-state index is 11.1. The van der Waals surface area contributed by atoms with Gasteiger partial charge < -0.3 is 5.11 Å². The Balaban J connectivity index is 3.13. The number of benzene rings is 1. The highest BCUT2D eigenvalue weighted by molar-refractivity contribution is 5.94. The van der Waals surface area contributed by atoms with Crippen LogP contribution in [0.15, 0.2) is 18.2 Å². The molecule has 0 aromatic heterocycles. The highest BCUT2D eigenvalue weighted by atomic mass is 16.3. The van der Waals surface area contributed by atoms with Crippen LogP contribution in [0.25, 0.3) is 0 Å². The zero-order valence-corrected chi connectivity index (χ0v) is 8.87. The predicted octanol–water partition coefficient (Wildman–Crippen LogP) is 3.11. The lowest BCUT2D eigenvalue weighted by Gasteiger charge is -2.10. The third kappa shape index (κ3) is 2.34. The lowest BCUT2D eigenvalue weighted by Crippen LogP contribution is -1.97. The van der Waals surface area contributed by atoms with E-state index in [2.05, 4.69) is 13.8 Å². The summed E-state index contributed by atoms with van der Waals surface area (Å²) >= 11 is 0. The number of Topliss-reactive ketones (excluding diaryl/α,β-unsaturated/α-hetero) is 1. The number of carbonyl (C=O) groups is 1. The van der Waals surface area contributed by atoms with E-state index in [1.807, 2.05) is 6.07 Å². The molecule has 1 unspecified atom stereocenters. The molecular weight excluding hydrogens is 176 g/mol. The van der Waals surface area contributed by atoms with Crippen LogP contribution in [0, 0.1) is 0 Å². The van der Waals surface area contributed by atoms with Crippen LogP contribution in [0.3, 0.4) is 0 Å². The minimum atomic E-state index is -0.00884.